The molecule has 2 fully saturated rings. The van der Waals surface area contributed by atoms with Crippen LogP contribution in [0.25, 0.3) is 0 Å². The fraction of sp³-hybridized carbons (Fsp3) is 0.846. The minimum Gasteiger partial charge on any atom is -0.342 e. The Hall–Kier alpha value is -1.10. The smallest absolute Gasteiger partial charge is 0.228 e. The zero-order valence-corrected chi connectivity index (χ0v) is 11.3. The summed E-state index contributed by atoms with van der Waals surface area (Å²) in [4.78, 5) is 27.7. The van der Waals surface area contributed by atoms with Crippen LogP contribution in [0.1, 0.15) is 19.8 Å². The highest BCUT2D eigenvalue weighted by molar-refractivity contribution is 5.89. The van der Waals surface area contributed by atoms with Crippen molar-refractivity contribution in [2.24, 2.45) is 11.8 Å². The zero-order chi connectivity index (χ0) is 13.1. The van der Waals surface area contributed by atoms with E-state index in [1.807, 2.05) is 18.9 Å². The second-order valence-electron chi connectivity index (χ2n) is 5.33. The molecule has 2 amide bonds. The number of rotatable bonds is 4. The number of carbonyl (C=O) groups is 2. The van der Waals surface area contributed by atoms with Crippen molar-refractivity contribution in [1.82, 2.24) is 15.1 Å². The third kappa shape index (κ3) is 2.66. The Morgan fingerprint density at radius 1 is 1.44 bits per heavy atom. The summed E-state index contributed by atoms with van der Waals surface area (Å²) in [6.45, 7) is 5.95. The fourth-order valence-corrected chi connectivity index (χ4v) is 2.99. The Morgan fingerprint density at radius 3 is 2.83 bits per heavy atom. The van der Waals surface area contributed by atoms with Crippen molar-refractivity contribution in [2.45, 2.75) is 19.8 Å². The van der Waals surface area contributed by atoms with Gasteiger partial charge in [-0.05, 0) is 32.9 Å². The van der Waals surface area contributed by atoms with Crippen LogP contribution in [-0.2, 0) is 9.59 Å². The topological polar surface area (TPSA) is 52.7 Å². The molecule has 0 bridgehead atoms. The second-order valence-corrected chi connectivity index (χ2v) is 5.33. The largest absolute Gasteiger partial charge is 0.342 e. The van der Waals surface area contributed by atoms with E-state index in [0.29, 0.717) is 25.4 Å². The molecule has 2 rings (SSSR count). The summed E-state index contributed by atoms with van der Waals surface area (Å²) in [5, 5.41) is 3.16. The molecule has 18 heavy (non-hydrogen) atoms. The van der Waals surface area contributed by atoms with Crippen LogP contribution in [0.5, 0.6) is 0 Å². The summed E-state index contributed by atoms with van der Waals surface area (Å²) in [5.41, 5.74) is 0. The van der Waals surface area contributed by atoms with Crippen LogP contribution in [0.4, 0.5) is 0 Å². The summed E-state index contributed by atoms with van der Waals surface area (Å²) in [6.07, 6.45) is 1.48. The normalized spacial score (nSPS) is 28.2. The van der Waals surface area contributed by atoms with E-state index in [9.17, 15) is 9.59 Å². The van der Waals surface area contributed by atoms with Crippen molar-refractivity contribution in [3.63, 3.8) is 0 Å². The van der Waals surface area contributed by atoms with E-state index in [0.717, 1.165) is 26.1 Å². The molecule has 0 spiro atoms. The molecule has 102 valence electrons. The van der Waals surface area contributed by atoms with Crippen LogP contribution in [0.3, 0.4) is 0 Å². The van der Waals surface area contributed by atoms with Gasteiger partial charge in [-0.3, -0.25) is 9.59 Å². The molecular weight excluding hydrogens is 230 g/mol. The number of hydrogen-bond acceptors (Lipinski definition) is 3. The Labute approximate surface area is 108 Å². The number of hydrogen-bond donors (Lipinski definition) is 1. The van der Waals surface area contributed by atoms with Gasteiger partial charge in [-0.25, -0.2) is 0 Å². The average Bonchev–Trinajstić information content (AvgIpc) is 2.95. The molecule has 2 aliphatic rings. The monoisotopic (exact) mass is 253 g/mol. The van der Waals surface area contributed by atoms with Gasteiger partial charge >= 0.3 is 0 Å². The lowest BCUT2D eigenvalue weighted by Crippen LogP contribution is -2.36. The van der Waals surface area contributed by atoms with Crippen molar-refractivity contribution in [2.75, 3.05) is 39.8 Å². The maximum absolute atomic E-state index is 12.3. The van der Waals surface area contributed by atoms with Crippen LogP contribution in [0.2, 0.25) is 0 Å². The zero-order valence-electron chi connectivity index (χ0n) is 11.3. The Bertz CT molecular complexity index is 332. The molecule has 0 radical (unpaired) electrons. The third-order valence-corrected chi connectivity index (χ3v) is 4.04. The van der Waals surface area contributed by atoms with Gasteiger partial charge < -0.3 is 15.1 Å². The molecule has 0 aromatic carbocycles. The highest BCUT2D eigenvalue weighted by Gasteiger charge is 2.37. The SMILES string of the molecule is CCN1CC(C(=O)N2CCC(CNC)C2)CC1=O. The van der Waals surface area contributed by atoms with Gasteiger partial charge in [-0.15, -0.1) is 0 Å². The molecule has 0 aromatic rings. The number of amides is 2. The van der Waals surface area contributed by atoms with Crippen LogP contribution in [0.15, 0.2) is 0 Å². The van der Waals surface area contributed by atoms with E-state index in [1.165, 1.54) is 0 Å². The molecule has 5 heteroatoms. The van der Waals surface area contributed by atoms with Crippen LogP contribution in [0, 0.1) is 11.8 Å². The number of carbonyl (C=O) groups excluding carboxylic acids is 2. The quantitative estimate of drug-likeness (QED) is 0.762. The summed E-state index contributed by atoms with van der Waals surface area (Å²) >= 11 is 0. The molecule has 2 unspecified atom stereocenters. The number of nitrogens with one attached hydrogen (secondary N) is 1. The van der Waals surface area contributed by atoms with Gasteiger partial charge in [0.05, 0.1) is 5.92 Å². The lowest BCUT2D eigenvalue weighted by atomic mass is 10.1. The number of nitrogens with zero attached hydrogens (tertiary/aromatic N) is 2. The lowest BCUT2D eigenvalue weighted by molar-refractivity contribution is -0.135. The predicted molar refractivity (Wildman–Crippen MR) is 69.0 cm³/mol. The Balaban J connectivity index is 1.87. The van der Waals surface area contributed by atoms with E-state index >= 15 is 0 Å². The first kappa shape index (κ1) is 13.3. The number of likely N-dealkylation sites (tertiary alicyclic amines) is 2. The van der Waals surface area contributed by atoms with Crippen LogP contribution < -0.4 is 5.32 Å². The van der Waals surface area contributed by atoms with Crippen molar-refractivity contribution in [3.8, 4) is 0 Å². The van der Waals surface area contributed by atoms with Crippen molar-refractivity contribution < 1.29 is 9.59 Å². The molecule has 2 atom stereocenters. The van der Waals surface area contributed by atoms with Crippen molar-refractivity contribution in [3.05, 3.63) is 0 Å². The standard InChI is InChI=1S/C13H23N3O2/c1-3-15-9-11(6-12(15)17)13(18)16-5-4-10(8-16)7-14-2/h10-11,14H,3-9H2,1-2H3. The second kappa shape index (κ2) is 5.69. The first-order valence-corrected chi connectivity index (χ1v) is 6.86. The Morgan fingerprint density at radius 2 is 2.22 bits per heavy atom. The Kier molecular flexibility index (Phi) is 4.22. The summed E-state index contributed by atoms with van der Waals surface area (Å²) in [6, 6.07) is 0. The van der Waals surface area contributed by atoms with E-state index < -0.39 is 0 Å². The molecule has 0 saturated carbocycles. The van der Waals surface area contributed by atoms with E-state index in [2.05, 4.69) is 5.32 Å². The molecule has 2 saturated heterocycles. The summed E-state index contributed by atoms with van der Waals surface area (Å²) in [5.74, 6) is 0.767. The molecule has 1 N–H and O–H groups in total. The molecule has 0 aliphatic carbocycles. The van der Waals surface area contributed by atoms with Crippen LogP contribution >= 0.6 is 0 Å². The molecular formula is C13H23N3O2. The maximum atomic E-state index is 12.3. The minimum atomic E-state index is -0.106. The first-order chi connectivity index (χ1) is 8.65. The van der Waals surface area contributed by atoms with Gasteiger partial charge in [0.1, 0.15) is 0 Å². The molecule has 2 aliphatic heterocycles. The molecule has 0 aromatic heterocycles. The predicted octanol–water partition coefficient (Wildman–Crippen LogP) is -0.0773. The third-order valence-electron chi connectivity index (χ3n) is 4.04. The van der Waals surface area contributed by atoms with Crippen LogP contribution in [-0.4, -0.2) is 61.4 Å². The van der Waals surface area contributed by atoms with E-state index in [4.69, 9.17) is 0 Å². The van der Waals surface area contributed by atoms with Gasteiger partial charge in [0, 0.05) is 32.6 Å². The molecule has 5 nitrogen and oxygen atoms in total. The van der Waals surface area contributed by atoms with E-state index in [-0.39, 0.29) is 17.7 Å². The van der Waals surface area contributed by atoms with Crippen molar-refractivity contribution >= 4 is 11.8 Å². The first-order valence-electron chi connectivity index (χ1n) is 6.86. The van der Waals surface area contributed by atoms with Gasteiger partial charge in [0.2, 0.25) is 11.8 Å². The summed E-state index contributed by atoms with van der Waals surface area (Å²) in [7, 11) is 1.94. The molecule has 2 heterocycles. The maximum Gasteiger partial charge on any atom is 0.228 e. The lowest BCUT2D eigenvalue weighted by Gasteiger charge is -2.20. The van der Waals surface area contributed by atoms with Gasteiger partial charge in [-0.2, -0.15) is 0 Å². The highest BCUT2D eigenvalue weighted by atomic mass is 16.2. The van der Waals surface area contributed by atoms with Gasteiger partial charge in [-0.1, -0.05) is 0 Å². The highest BCUT2D eigenvalue weighted by Crippen LogP contribution is 2.23. The van der Waals surface area contributed by atoms with Gasteiger partial charge in [0.15, 0.2) is 0 Å². The van der Waals surface area contributed by atoms with Gasteiger partial charge in [0.25, 0.3) is 0 Å². The van der Waals surface area contributed by atoms with Crippen molar-refractivity contribution in [1.29, 1.82) is 0 Å². The fourth-order valence-electron chi connectivity index (χ4n) is 2.99. The summed E-state index contributed by atoms with van der Waals surface area (Å²) < 4.78 is 0. The van der Waals surface area contributed by atoms with E-state index in [1.54, 1.807) is 4.90 Å². The average molecular weight is 253 g/mol. The minimum absolute atomic E-state index is 0.106.